The van der Waals surface area contributed by atoms with E-state index in [4.69, 9.17) is 15.2 Å². The number of nitrogens with zero attached hydrogens (tertiary/aromatic N) is 1. The lowest BCUT2D eigenvalue weighted by Gasteiger charge is -2.27. The summed E-state index contributed by atoms with van der Waals surface area (Å²) in [6.45, 7) is 6.32. The van der Waals surface area contributed by atoms with Crippen LogP contribution in [0, 0.1) is 5.92 Å². The van der Waals surface area contributed by atoms with Crippen LogP contribution in [0.2, 0.25) is 0 Å². The van der Waals surface area contributed by atoms with Crippen molar-refractivity contribution in [1.29, 1.82) is 0 Å². The van der Waals surface area contributed by atoms with Gasteiger partial charge in [0.05, 0.1) is 4.91 Å². The van der Waals surface area contributed by atoms with Gasteiger partial charge in [-0.25, -0.2) is 0 Å². The summed E-state index contributed by atoms with van der Waals surface area (Å²) < 4.78 is 11.2. The number of amides is 1. The van der Waals surface area contributed by atoms with Crippen molar-refractivity contribution in [2.45, 2.75) is 19.2 Å². The molecular weight excluding hydrogens is 300 g/mol. The molecule has 6 heteroatoms. The van der Waals surface area contributed by atoms with Crippen molar-refractivity contribution in [2.24, 2.45) is 11.7 Å². The quantitative estimate of drug-likeness (QED) is 0.923. The SMILES string of the molecule is CC(C)CN1C=C(C(N)=O)SC1c1ccc2c(c1)OCCO2. The maximum Gasteiger partial charge on any atom is 0.256 e. The third-order valence-electron chi connectivity index (χ3n) is 3.49. The van der Waals surface area contributed by atoms with E-state index < -0.39 is 0 Å². The van der Waals surface area contributed by atoms with Crippen LogP contribution in [0.1, 0.15) is 24.8 Å². The molecule has 2 heterocycles. The highest BCUT2D eigenvalue weighted by Crippen LogP contribution is 2.46. The number of thioether (sulfide) groups is 1. The second-order valence-electron chi connectivity index (χ2n) is 5.82. The smallest absolute Gasteiger partial charge is 0.256 e. The van der Waals surface area contributed by atoms with Gasteiger partial charge in [-0.2, -0.15) is 0 Å². The Balaban J connectivity index is 1.87. The Morgan fingerprint density at radius 3 is 2.77 bits per heavy atom. The van der Waals surface area contributed by atoms with Gasteiger partial charge in [0.2, 0.25) is 0 Å². The number of carbonyl (C=O) groups is 1. The number of hydrogen-bond donors (Lipinski definition) is 1. The third kappa shape index (κ3) is 3.02. The fraction of sp³-hybridized carbons (Fsp3) is 0.438. The van der Waals surface area contributed by atoms with Crippen LogP contribution in [0.4, 0.5) is 0 Å². The van der Waals surface area contributed by atoms with Crippen LogP contribution < -0.4 is 15.2 Å². The molecule has 1 atom stereocenters. The Bertz CT molecular complexity index is 615. The molecule has 0 fully saturated rings. The average molecular weight is 320 g/mol. The summed E-state index contributed by atoms with van der Waals surface area (Å²) in [5.41, 5.74) is 6.53. The van der Waals surface area contributed by atoms with Gasteiger partial charge in [-0.1, -0.05) is 31.7 Å². The van der Waals surface area contributed by atoms with E-state index >= 15 is 0 Å². The minimum absolute atomic E-state index is 0.0423. The number of rotatable bonds is 4. The molecule has 0 bridgehead atoms. The predicted octanol–water partition coefficient (Wildman–Crippen LogP) is 2.49. The van der Waals surface area contributed by atoms with Crippen molar-refractivity contribution in [3.63, 3.8) is 0 Å². The molecule has 3 rings (SSSR count). The monoisotopic (exact) mass is 320 g/mol. The molecule has 1 aromatic rings. The summed E-state index contributed by atoms with van der Waals surface area (Å²) >= 11 is 1.49. The first-order valence-corrected chi connectivity index (χ1v) is 8.26. The summed E-state index contributed by atoms with van der Waals surface area (Å²) in [7, 11) is 0. The van der Waals surface area contributed by atoms with Gasteiger partial charge in [0.25, 0.3) is 5.91 Å². The minimum atomic E-state index is -0.376. The first-order chi connectivity index (χ1) is 10.5. The van der Waals surface area contributed by atoms with E-state index in [1.807, 2.05) is 24.4 Å². The fourth-order valence-corrected chi connectivity index (χ4v) is 3.72. The minimum Gasteiger partial charge on any atom is -0.486 e. The van der Waals surface area contributed by atoms with Crippen LogP contribution in [0.5, 0.6) is 11.5 Å². The van der Waals surface area contributed by atoms with Crippen molar-refractivity contribution in [1.82, 2.24) is 4.90 Å². The van der Waals surface area contributed by atoms with E-state index in [2.05, 4.69) is 18.7 Å². The molecule has 2 aliphatic rings. The zero-order valence-corrected chi connectivity index (χ0v) is 13.6. The van der Waals surface area contributed by atoms with E-state index in [0.29, 0.717) is 24.0 Å². The molecule has 118 valence electrons. The van der Waals surface area contributed by atoms with Crippen molar-refractivity contribution in [2.75, 3.05) is 19.8 Å². The highest BCUT2D eigenvalue weighted by molar-refractivity contribution is 8.04. The van der Waals surface area contributed by atoms with Gasteiger partial charge in [-0.15, -0.1) is 0 Å². The Morgan fingerprint density at radius 2 is 2.09 bits per heavy atom. The van der Waals surface area contributed by atoms with Gasteiger partial charge in [-0.05, 0) is 23.6 Å². The third-order valence-corrected chi connectivity index (χ3v) is 4.82. The molecule has 1 amide bonds. The highest BCUT2D eigenvalue weighted by Gasteiger charge is 2.30. The van der Waals surface area contributed by atoms with Gasteiger partial charge in [-0.3, -0.25) is 4.79 Å². The van der Waals surface area contributed by atoms with Gasteiger partial charge < -0.3 is 20.1 Å². The van der Waals surface area contributed by atoms with Crippen LogP contribution in [0.3, 0.4) is 0 Å². The summed E-state index contributed by atoms with van der Waals surface area (Å²) in [6.07, 6.45) is 1.87. The lowest BCUT2D eigenvalue weighted by atomic mass is 10.1. The van der Waals surface area contributed by atoms with E-state index in [9.17, 15) is 4.79 Å². The van der Waals surface area contributed by atoms with Crippen LogP contribution >= 0.6 is 11.8 Å². The molecule has 0 spiro atoms. The molecule has 0 saturated carbocycles. The number of carbonyl (C=O) groups excluding carboxylic acids is 1. The molecular formula is C16H20N2O3S. The molecule has 0 radical (unpaired) electrons. The summed E-state index contributed by atoms with van der Waals surface area (Å²) in [5, 5.41) is 0.0423. The number of primary amides is 1. The Morgan fingerprint density at radius 1 is 1.36 bits per heavy atom. The molecule has 5 nitrogen and oxygen atoms in total. The Labute approximate surface area is 134 Å². The zero-order chi connectivity index (χ0) is 15.7. The first-order valence-electron chi connectivity index (χ1n) is 7.38. The highest BCUT2D eigenvalue weighted by atomic mass is 32.2. The molecule has 0 aliphatic carbocycles. The van der Waals surface area contributed by atoms with E-state index in [0.717, 1.165) is 23.6 Å². The number of nitrogens with two attached hydrogens (primary N) is 1. The summed E-state index contributed by atoms with van der Waals surface area (Å²) in [6, 6.07) is 5.95. The van der Waals surface area contributed by atoms with Gasteiger partial charge >= 0.3 is 0 Å². The van der Waals surface area contributed by atoms with Crippen LogP contribution in [-0.4, -0.2) is 30.6 Å². The second-order valence-corrected chi connectivity index (χ2v) is 6.94. The van der Waals surface area contributed by atoms with Crippen LogP contribution in [-0.2, 0) is 4.79 Å². The van der Waals surface area contributed by atoms with E-state index in [1.165, 1.54) is 11.8 Å². The lowest BCUT2D eigenvalue weighted by Crippen LogP contribution is -2.23. The van der Waals surface area contributed by atoms with Crippen LogP contribution in [0.15, 0.2) is 29.3 Å². The second kappa shape index (κ2) is 6.12. The normalized spacial score (nSPS) is 20.2. The standard InChI is InChI=1S/C16H20N2O3S/c1-10(2)8-18-9-14(15(17)19)22-16(18)11-3-4-12-13(7-11)21-6-5-20-12/h3-4,7,9-10,16H,5-6,8H2,1-2H3,(H2,17,19). The Hall–Kier alpha value is -1.82. The van der Waals surface area contributed by atoms with Gasteiger partial charge in [0, 0.05) is 12.7 Å². The molecule has 2 aliphatic heterocycles. The topological polar surface area (TPSA) is 64.8 Å². The van der Waals surface area contributed by atoms with Crippen molar-refractivity contribution < 1.29 is 14.3 Å². The lowest BCUT2D eigenvalue weighted by molar-refractivity contribution is -0.113. The number of ether oxygens (including phenoxy) is 2. The molecule has 2 N–H and O–H groups in total. The van der Waals surface area contributed by atoms with Gasteiger partial charge in [0.1, 0.15) is 18.6 Å². The summed E-state index contributed by atoms with van der Waals surface area (Å²) in [5.74, 6) is 1.65. The molecule has 1 aromatic carbocycles. The number of hydrogen-bond acceptors (Lipinski definition) is 5. The molecule has 0 saturated heterocycles. The van der Waals surface area contributed by atoms with E-state index in [1.54, 1.807) is 0 Å². The molecule has 22 heavy (non-hydrogen) atoms. The molecule has 1 unspecified atom stereocenters. The average Bonchev–Trinajstić information content (AvgIpc) is 2.90. The maximum absolute atomic E-state index is 11.5. The van der Waals surface area contributed by atoms with E-state index in [-0.39, 0.29) is 11.3 Å². The fourth-order valence-electron chi connectivity index (χ4n) is 2.60. The largest absolute Gasteiger partial charge is 0.486 e. The molecule has 0 aromatic heterocycles. The Kier molecular flexibility index (Phi) is 4.20. The predicted molar refractivity (Wildman–Crippen MR) is 86.6 cm³/mol. The number of benzene rings is 1. The van der Waals surface area contributed by atoms with Crippen molar-refractivity contribution in [3.8, 4) is 11.5 Å². The maximum atomic E-state index is 11.5. The number of fused-ring (bicyclic) bond motifs is 1. The first kappa shape index (κ1) is 15.1. The summed E-state index contributed by atoms with van der Waals surface area (Å²) in [4.78, 5) is 14.3. The van der Waals surface area contributed by atoms with Crippen molar-refractivity contribution >= 4 is 17.7 Å². The van der Waals surface area contributed by atoms with Gasteiger partial charge in [0.15, 0.2) is 11.5 Å². The van der Waals surface area contributed by atoms with Crippen molar-refractivity contribution in [3.05, 3.63) is 34.9 Å². The zero-order valence-electron chi connectivity index (χ0n) is 12.7. The van der Waals surface area contributed by atoms with Crippen LogP contribution in [0.25, 0.3) is 0 Å².